The minimum absolute atomic E-state index is 0.873. The van der Waals surface area contributed by atoms with E-state index in [2.05, 4.69) is 92.7 Å². The van der Waals surface area contributed by atoms with Gasteiger partial charge in [0, 0.05) is 27.8 Å². The third-order valence-corrected chi connectivity index (χ3v) is 5.91. The molecular formula is C29H21NO. The van der Waals surface area contributed by atoms with Gasteiger partial charge in [0.05, 0.1) is 11.2 Å². The molecule has 0 spiro atoms. The van der Waals surface area contributed by atoms with Crippen molar-refractivity contribution in [3.05, 3.63) is 102 Å². The molecule has 0 N–H and O–H groups in total. The van der Waals surface area contributed by atoms with Crippen LogP contribution in [0.15, 0.2) is 95.4 Å². The fraction of sp³-hybridized carbons (Fsp3) is 0.0690. The van der Waals surface area contributed by atoms with Crippen LogP contribution in [0.25, 0.3) is 55.2 Å². The molecule has 0 atom stereocenters. The van der Waals surface area contributed by atoms with Crippen LogP contribution >= 0.6 is 0 Å². The minimum atomic E-state index is 0.873. The second kappa shape index (κ2) is 6.82. The average molecular weight is 399 g/mol. The van der Waals surface area contributed by atoms with Crippen LogP contribution in [-0.4, -0.2) is 4.98 Å². The molecule has 0 radical (unpaired) electrons. The predicted octanol–water partition coefficient (Wildman–Crippen LogP) is 8.09. The first-order valence-electron chi connectivity index (χ1n) is 10.6. The summed E-state index contributed by atoms with van der Waals surface area (Å²) in [7, 11) is 0. The largest absolute Gasteiger partial charge is 0.456 e. The summed E-state index contributed by atoms with van der Waals surface area (Å²) in [6.45, 7) is 4.27. The molecule has 2 nitrogen and oxygen atoms in total. The van der Waals surface area contributed by atoms with Gasteiger partial charge in [0.1, 0.15) is 11.2 Å². The molecule has 0 saturated heterocycles. The molecule has 31 heavy (non-hydrogen) atoms. The molecule has 0 aliphatic heterocycles. The van der Waals surface area contributed by atoms with E-state index in [1.165, 1.54) is 22.3 Å². The van der Waals surface area contributed by atoms with Crippen molar-refractivity contribution in [2.45, 2.75) is 13.8 Å². The monoisotopic (exact) mass is 399 g/mol. The third kappa shape index (κ3) is 3.00. The van der Waals surface area contributed by atoms with Crippen molar-refractivity contribution in [3.8, 4) is 22.4 Å². The highest BCUT2D eigenvalue weighted by molar-refractivity contribution is 6.12. The highest BCUT2D eigenvalue weighted by atomic mass is 16.3. The van der Waals surface area contributed by atoms with Gasteiger partial charge in [-0.25, -0.2) is 4.98 Å². The molecule has 0 aliphatic rings. The highest BCUT2D eigenvalue weighted by Gasteiger charge is 2.14. The van der Waals surface area contributed by atoms with Crippen LogP contribution in [0, 0.1) is 13.8 Å². The van der Waals surface area contributed by atoms with Crippen LogP contribution in [0.3, 0.4) is 0 Å². The summed E-state index contributed by atoms with van der Waals surface area (Å²) in [6, 6.07) is 31.9. The summed E-state index contributed by atoms with van der Waals surface area (Å²) in [5, 5.41) is 3.40. The number of fused-ring (bicyclic) bond motifs is 4. The fourth-order valence-electron chi connectivity index (χ4n) is 4.57. The first-order valence-corrected chi connectivity index (χ1v) is 10.6. The normalized spacial score (nSPS) is 11.5. The molecule has 0 aliphatic carbocycles. The Morgan fingerprint density at radius 1 is 0.581 bits per heavy atom. The van der Waals surface area contributed by atoms with Crippen LogP contribution in [0.4, 0.5) is 0 Å². The quantitative estimate of drug-likeness (QED) is 0.294. The van der Waals surface area contributed by atoms with E-state index < -0.39 is 0 Å². The summed E-state index contributed by atoms with van der Waals surface area (Å²) in [5.41, 5.74) is 9.70. The topological polar surface area (TPSA) is 26.0 Å². The Labute approximate surface area is 180 Å². The summed E-state index contributed by atoms with van der Waals surface area (Å²) < 4.78 is 6.15. The summed E-state index contributed by atoms with van der Waals surface area (Å²) in [6.07, 6.45) is 0. The molecule has 0 amide bonds. The van der Waals surface area contributed by atoms with Crippen LogP contribution in [-0.2, 0) is 0 Å². The van der Waals surface area contributed by atoms with E-state index in [9.17, 15) is 0 Å². The lowest BCUT2D eigenvalue weighted by atomic mass is 9.96. The highest BCUT2D eigenvalue weighted by Crippen LogP contribution is 2.37. The Morgan fingerprint density at radius 3 is 2.13 bits per heavy atom. The van der Waals surface area contributed by atoms with E-state index in [4.69, 9.17) is 9.40 Å². The molecule has 6 aromatic rings. The number of aryl methyl sites for hydroxylation is 2. The number of nitrogens with zero attached hydrogens (tertiary/aromatic N) is 1. The number of benzene rings is 4. The Kier molecular flexibility index (Phi) is 3.94. The lowest BCUT2D eigenvalue weighted by Gasteiger charge is -2.12. The van der Waals surface area contributed by atoms with Gasteiger partial charge in [-0.3, -0.25) is 0 Å². The van der Waals surface area contributed by atoms with Crippen molar-refractivity contribution in [3.63, 3.8) is 0 Å². The number of para-hydroxylation sites is 1. The zero-order valence-electron chi connectivity index (χ0n) is 17.5. The number of furan rings is 1. The van der Waals surface area contributed by atoms with Gasteiger partial charge in [0.25, 0.3) is 0 Å². The fourth-order valence-corrected chi connectivity index (χ4v) is 4.57. The van der Waals surface area contributed by atoms with E-state index in [0.29, 0.717) is 0 Å². The zero-order valence-corrected chi connectivity index (χ0v) is 17.5. The number of aromatic nitrogens is 1. The van der Waals surface area contributed by atoms with Crippen molar-refractivity contribution in [2.75, 3.05) is 0 Å². The van der Waals surface area contributed by atoms with E-state index >= 15 is 0 Å². The van der Waals surface area contributed by atoms with Gasteiger partial charge < -0.3 is 4.42 Å². The Hall–Kier alpha value is -3.91. The van der Waals surface area contributed by atoms with Gasteiger partial charge in [0.15, 0.2) is 0 Å². The third-order valence-electron chi connectivity index (χ3n) is 5.91. The standard InChI is InChI=1S/C29H21NO/c1-18-12-19(2)14-21(13-18)26-16-23(20-8-4-3-5-9-20)24-15-25-22-10-6-7-11-28(22)31-29(25)17-27(24)30-26/h3-17H,1-2H3. The van der Waals surface area contributed by atoms with Crippen LogP contribution in [0.2, 0.25) is 0 Å². The predicted molar refractivity (Wildman–Crippen MR) is 129 cm³/mol. The molecule has 0 saturated carbocycles. The average Bonchev–Trinajstić information content (AvgIpc) is 3.14. The molecule has 0 fully saturated rings. The molecular weight excluding hydrogens is 378 g/mol. The molecule has 0 unspecified atom stereocenters. The van der Waals surface area contributed by atoms with Crippen LogP contribution in [0.5, 0.6) is 0 Å². The number of rotatable bonds is 2. The molecule has 2 aromatic heterocycles. The van der Waals surface area contributed by atoms with Crippen molar-refractivity contribution < 1.29 is 4.42 Å². The van der Waals surface area contributed by atoms with Gasteiger partial charge in [-0.2, -0.15) is 0 Å². The van der Waals surface area contributed by atoms with Gasteiger partial charge in [0.2, 0.25) is 0 Å². The van der Waals surface area contributed by atoms with Crippen molar-refractivity contribution >= 4 is 32.8 Å². The van der Waals surface area contributed by atoms with Crippen molar-refractivity contribution in [2.24, 2.45) is 0 Å². The first-order chi connectivity index (χ1) is 15.2. The van der Waals surface area contributed by atoms with Gasteiger partial charge >= 0.3 is 0 Å². The summed E-state index contributed by atoms with van der Waals surface area (Å²) in [5.74, 6) is 0. The molecule has 2 heteroatoms. The van der Waals surface area contributed by atoms with E-state index in [1.807, 2.05) is 12.1 Å². The SMILES string of the molecule is Cc1cc(C)cc(-c2cc(-c3ccccc3)c3cc4c(cc3n2)oc2ccccc24)c1. The lowest BCUT2D eigenvalue weighted by Crippen LogP contribution is -1.91. The first kappa shape index (κ1) is 17.9. The van der Waals surface area contributed by atoms with E-state index in [-0.39, 0.29) is 0 Å². The molecule has 2 heterocycles. The summed E-state index contributed by atoms with van der Waals surface area (Å²) >= 11 is 0. The molecule has 0 bridgehead atoms. The maximum atomic E-state index is 6.15. The maximum absolute atomic E-state index is 6.15. The lowest BCUT2D eigenvalue weighted by molar-refractivity contribution is 0.669. The minimum Gasteiger partial charge on any atom is -0.456 e. The summed E-state index contributed by atoms with van der Waals surface area (Å²) in [4.78, 5) is 5.07. The van der Waals surface area contributed by atoms with Gasteiger partial charge in [-0.1, -0.05) is 65.7 Å². The number of hydrogen-bond donors (Lipinski definition) is 0. The second-order valence-electron chi connectivity index (χ2n) is 8.26. The molecule has 6 rings (SSSR count). The van der Waals surface area contributed by atoms with Crippen LogP contribution in [0.1, 0.15) is 11.1 Å². The van der Waals surface area contributed by atoms with Gasteiger partial charge in [-0.05, 0) is 55.3 Å². The maximum Gasteiger partial charge on any atom is 0.137 e. The Balaban J connectivity index is 1.72. The zero-order chi connectivity index (χ0) is 20.9. The number of pyridine rings is 1. The van der Waals surface area contributed by atoms with E-state index in [0.717, 1.165) is 44.1 Å². The smallest absolute Gasteiger partial charge is 0.137 e. The Morgan fingerprint density at radius 2 is 1.32 bits per heavy atom. The van der Waals surface area contributed by atoms with Crippen LogP contribution < -0.4 is 0 Å². The van der Waals surface area contributed by atoms with Crippen molar-refractivity contribution in [1.29, 1.82) is 0 Å². The van der Waals surface area contributed by atoms with Gasteiger partial charge in [-0.15, -0.1) is 0 Å². The molecule has 148 valence electrons. The molecule has 4 aromatic carbocycles. The second-order valence-corrected chi connectivity index (χ2v) is 8.26. The van der Waals surface area contributed by atoms with E-state index in [1.54, 1.807) is 0 Å². The number of hydrogen-bond acceptors (Lipinski definition) is 2. The van der Waals surface area contributed by atoms with Crippen molar-refractivity contribution in [1.82, 2.24) is 4.98 Å². The Bertz CT molecular complexity index is 1570.